The lowest BCUT2D eigenvalue weighted by Gasteiger charge is -2.30. The third-order valence-corrected chi connectivity index (χ3v) is 3.79. The maximum atomic E-state index is 13.3. The van der Waals surface area contributed by atoms with E-state index < -0.39 is 23.8 Å². The van der Waals surface area contributed by atoms with Gasteiger partial charge in [-0.3, -0.25) is 0 Å². The van der Waals surface area contributed by atoms with Gasteiger partial charge >= 0.3 is 0 Å². The molecule has 2 nitrogen and oxygen atoms in total. The van der Waals surface area contributed by atoms with Crippen molar-refractivity contribution in [3.63, 3.8) is 0 Å². The molecular weight excluding hydrogens is 330 g/mol. The van der Waals surface area contributed by atoms with Gasteiger partial charge in [0, 0.05) is 22.5 Å². The number of rotatable bonds is 1. The molecule has 5 heteroatoms. The fraction of sp³-hybridized carbons (Fsp3) is 0.200. The van der Waals surface area contributed by atoms with Gasteiger partial charge in [0.2, 0.25) is 0 Å². The van der Waals surface area contributed by atoms with Gasteiger partial charge in [0.05, 0.1) is 6.10 Å². The van der Waals surface area contributed by atoms with Crippen molar-refractivity contribution < 1.29 is 18.6 Å². The molecule has 104 valence electrons. The highest BCUT2D eigenvalue weighted by molar-refractivity contribution is 9.10. The molecule has 1 N–H and O–H groups in total. The summed E-state index contributed by atoms with van der Waals surface area (Å²) in [5, 5.41) is 10.2. The first-order chi connectivity index (χ1) is 9.52. The summed E-state index contributed by atoms with van der Waals surface area (Å²) in [4.78, 5) is 0. The van der Waals surface area contributed by atoms with Gasteiger partial charge in [0.1, 0.15) is 23.5 Å². The highest BCUT2D eigenvalue weighted by atomic mass is 79.9. The maximum absolute atomic E-state index is 13.3. The van der Waals surface area contributed by atoms with Crippen LogP contribution in [0.3, 0.4) is 0 Å². The van der Waals surface area contributed by atoms with Gasteiger partial charge in [-0.05, 0) is 35.9 Å². The minimum absolute atomic E-state index is 0.256. The summed E-state index contributed by atoms with van der Waals surface area (Å²) in [6.07, 6.45) is -1.04. The Hall–Kier alpha value is -1.46. The van der Waals surface area contributed by atoms with Crippen molar-refractivity contribution in [1.29, 1.82) is 0 Å². The van der Waals surface area contributed by atoms with Crippen LogP contribution in [0.4, 0.5) is 8.78 Å². The number of aliphatic hydroxyl groups is 1. The smallest absolute Gasteiger partial charge is 0.127 e. The van der Waals surface area contributed by atoms with Gasteiger partial charge in [-0.15, -0.1) is 0 Å². The third-order valence-electron chi connectivity index (χ3n) is 3.29. The van der Waals surface area contributed by atoms with Crippen LogP contribution in [0.5, 0.6) is 5.75 Å². The summed E-state index contributed by atoms with van der Waals surface area (Å²) in [6, 6.07) is 8.56. The van der Waals surface area contributed by atoms with Crippen LogP contribution in [-0.4, -0.2) is 5.11 Å². The summed E-state index contributed by atoms with van der Waals surface area (Å²) in [5.41, 5.74) is 1.06. The summed E-state index contributed by atoms with van der Waals surface area (Å²) >= 11 is 3.33. The lowest BCUT2D eigenvalue weighted by molar-refractivity contribution is 0.0653. The molecule has 20 heavy (non-hydrogen) atoms. The fourth-order valence-electron chi connectivity index (χ4n) is 2.38. The highest BCUT2D eigenvalue weighted by Crippen LogP contribution is 2.41. The number of halogens is 3. The average Bonchev–Trinajstić information content (AvgIpc) is 2.38. The van der Waals surface area contributed by atoms with E-state index in [1.807, 2.05) is 0 Å². The summed E-state index contributed by atoms with van der Waals surface area (Å²) in [7, 11) is 0. The molecule has 1 unspecified atom stereocenters. The second-order valence-corrected chi connectivity index (χ2v) is 5.66. The van der Waals surface area contributed by atoms with Crippen LogP contribution in [0.15, 0.2) is 40.9 Å². The second-order valence-electron chi connectivity index (χ2n) is 4.74. The molecule has 1 heterocycles. The second kappa shape index (κ2) is 5.14. The van der Waals surface area contributed by atoms with Crippen LogP contribution in [0.1, 0.15) is 29.8 Å². The SMILES string of the molecule is O[C@@H]1CC(c2cc(F)cc(F)c2)Oc2ccc(Br)cc21. The first-order valence-corrected chi connectivity index (χ1v) is 6.92. The quantitative estimate of drug-likeness (QED) is 0.839. The van der Waals surface area contributed by atoms with Crippen LogP contribution in [0, 0.1) is 11.6 Å². The van der Waals surface area contributed by atoms with Gasteiger partial charge < -0.3 is 9.84 Å². The molecule has 2 atom stereocenters. The van der Waals surface area contributed by atoms with Crippen molar-refractivity contribution >= 4 is 15.9 Å². The van der Waals surface area contributed by atoms with Gasteiger partial charge in [0.15, 0.2) is 0 Å². The van der Waals surface area contributed by atoms with Crippen molar-refractivity contribution in [2.45, 2.75) is 18.6 Å². The standard InChI is InChI=1S/C15H11BrF2O2/c16-9-1-2-14-12(5-9)13(19)7-15(20-14)8-3-10(17)6-11(18)4-8/h1-6,13,15,19H,7H2/t13-,15?/m1/s1. The first kappa shape index (κ1) is 13.5. The molecule has 2 aromatic carbocycles. The minimum Gasteiger partial charge on any atom is -0.485 e. The zero-order valence-corrected chi connectivity index (χ0v) is 11.9. The molecule has 1 aliphatic rings. The zero-order valence-electron chi connectivity index (χ0n) is 10.3. The normalized spacial score (nSPS) is 21.2. The van der Waals surface area contributed by atoms with E-state index in [-0.39, 0.29) is 6.42 Å². The van der Waals surface area contributed by atoms with Gasteiger partial charge in [-0.1, -0.05) is 15.9 Å². The summed E-state index contributed by atoms with van der Waals surface area (Å²) < 4.78 is 33.1. The molecule has 0 amide bonds. The molecule has 0 aliphatic carbocycles. The summed E-state index contributed by atoms with van der Waals surface area (Å²) in [6.45, 7) is 0. The number of ether oxygens (including phenoxy) is 1. The molecule has 1 aliphatic heterocycles. The van der Waals surface area contributed by atoms with E-state index in [4.69, 9.17) is 4.74 Å². The monoisotopic (exact) mass is 340 g/mol. The first-order valence-electron chi connectivity index (χ1n) is 6.13. The van der Waals surface area contributed by atoms with Crippen molar-refractivity contribution in [1.82, 2.24) is 0 Å². The van der Waals surface area contributed by atoms with E-state index in [1.54, 1.807) is 18.2 Å². The van der Waals surface area contributed by atoms with Gasteiger partial charge in [-0.25, -0.2) is 8.78 Å². The number of benzene rings is 2. The number of aliphatic hydroxyl groups excluding tert-OH is 1. The van der Waals surface area contributed by atoms with Crippen molar-refractivity contribution in [3.05, 3.63) is 63.6 Å². The predicted octanol–water partition coefficient (Wildman–Crippen LogP) is 4.28. The Morgan fingerprint density at radius 1 is 1.10 bits per heavy atom. The Morgan fingerprint density at radius 3 is 2.50 bits per heavy atom. The maximum Gasteiger partial charge on any atom is 0.127 e. The number of hydrogen-bond donors (Lipinski definition) is 1. The van der Waals surface area contributed by atoms with E-state index in [0.29, 0.717) is 16.9 Å². The topological polar surface area (TPSA) is 29.5 Å². The third kappa shape index (κ3) is 2.55. The molecule has 0 spiro atoms. The highest BCUT2D eigenvalue weighted by Gasteiger charge is 2.28. The van der Waals surface area contributed by atoms with Gasteiger partial charge in [0.25, 0.3) is 0 Å². The van der Waals surface area contributed by atoms with E-state index in [2.05, 4.69) is 15.9 Å². The number of hydrogen-bond acceptors (Lipinski definition) is 2. The predicted molar refractivity (Wildman–Crippen MR) is 73.4 cm³/mol. The minimum atomic E-state index is -0.729. The molecule has 2 aromatic rings. The Labute approximate surface area is 123 Å². The van der Waals surface area contributed by atoms with Crippen molar-refractivity contribution in [2.24, 2.45) is 0 Å². The Morgan fingerprint density at radius 2 is 1.80 bits per heavy atom. The average molecular weight is 341 g/mol. The fourth-order valence-corrected chi connectivity index (χ4v) is 2.76. The Kier molecular flexibility index (Phi) is 3.48. The lowest BCUT2D eigenvalue weighted by Crippen LogP contribution is -2.19. The van der Waals surface area contributed by atoms with Crippen LogP contribution in [0.25, 0.3) is 0 Å². The lowest BCUT2D eigenvalue weighted by atomic mass is 9.95. The van der Waals surface area contributed by atoms with Crippen LogP contribution < -0.4 is 4.74 Å². The largest absolute Gasteiger partial charge is 0.485 e. The van der Waals surface area contributed by atoms with Gasteiger partial charge in [-0.2, -0.15) is 0 Å². The van der Waals surface area contributed by atoms with E-state index >= 15 is 0 Å². The van der Waals surface area contributed by atoms with Crippen molar-refractivity contribution in [2.75, 3.05) is 0 Å². The number of fused-ring (bicyclic) bond motifs is 1. The molecule has 0 saturated carbocycles. The van der Waals surface area contributed by atoms with Crippen LogP contribution >= 0.6 is 15.9 Å². The molecule has 3 rings (SSSR count). The van der Waals surface area contributed by atoms with Crippen LogP contribution in [0.2, 0.25) is 0 Å². The molecule has 0 fully saturated rings. The molecule has 0 bridgehead atoms. The Bertz CT molecular complexity index is 640. The molecule has 0 radical (unpaired) electrons. The van der Waals surface area contributed by atoms with E-state index in [0.717, 1.165) is 10.5 Å². The molecule has 0 aromatic heterocycles. The van der Waals surface area contributed by atoms with Crippen LogP contribution in [-0.2, 0) is 0 Å². The molecular formula is C15H11BrF2O2. The van der Waals surface area contributed by atoms with E-state index in [9.17, 15) is 13.9 Å². The zero-order chi connectivity index (χ0) is 14.3. The summed E-state index contributed by atoms with van der Waals surface area (Å²) in [5.74, 6) is -0.777. The Balaban J connectivity index is 1.96. The van der Waals surface area contributed by atoms with E-state index in [1.165, 1.54) is 12.1 Å². The van der Waals surface area contributed by atoms with Crippen molar-refractivity contribution in [3.8, 4) is 5.75 Å². The molecule has 0 saturated heterocycles.